The zero-order valence-corrected chi connectivity index (χ0v) is 15.8. The van der Waals surface area contributed by atoms with Crippen LogP contribution in [-0.4, -0.2) is 27.1 Å². The molecule has 1 atom stereocenters. The molecule has 1 amide bonds. The molecule has 0 radical (unpaired) electrons. The van der Waals surface area contributed by atoms with Gasteiger partial charge in [0, 0.05) is 24.0 Å². The van der Waals surface area contributed by atoms with Crippen molar-refractivity contribution in [3.05, 3.63) is 70.2 Å². The largest absolute Gasteiger partial charge is 0.335 e. The van der Waals surface area contributed by atoms with Crippen LogP contribution in [0, 0.1) is 0 Å². The summed E-state index contributed by atoms with van der Waals surface area (Å²) in [6.07, 6.45) is 7.12. The Morgan fingerprint density at radius 2 is 2.12 bits per heavy atom. The van der Waals surface area contributed by atoms with Crippen molar-refractivity contribution in [3.63, 3.8) is 0 Å². The summed E-state index contributed by atoms with van der Waals surface area (Å²) in [5.41, 5.74) is 3.50. The molecule has 0 bridgehead atoms. The molecule has 4 nitrogen and oxygen atoms in total. The van der Waals surface area contributed by atoms with E-state index in [-0.39, 0.29) is 11.9 Å². The number of hydrogen-bond acceptors (Lipinski definition) is 3. The third-order valence-corrected chi connectivity index (χ3v) is 6.08. The van der Waals surface area contributed by atoms with Gasteiger partial charge in [-0.25, -0.2) is 4.68 Å². The van der Waals surface area contributed by atoms with Gasteiger partial charge in [-0.15, -0.1) is 11.3 Å². The van der Waals surface area contributed by atoms with Gasteiger partial charge in [0.1, 0.15) is 0 Å². The van der Waals surface area contributed by atoms with Crippen molar-refractivity contribution >= 4 is 17.2 Å². The van der Waals surface area contributed by atoms with Gasteiger partial charge < -0.3 is 4.90 Å². The molecule has 4 rings (SSSR count). The number of thiophene rings is 1. The highest BCUT2D eigenvalue weighted by molar-refractivity contribution is 7.10. The van der Waals surface area contributed by atoms with Crippen LogP contribution in [0.2, 0.25) is 0 Å². The Bertz CT molecular complexity index is 884. The van der Waals surface area contributed by atoms with E-state index in [0.29, 0.717) is 6.42 Å². The van der Waals surface area contributed by atoms with Crippen molar-refractivity contribution in [2.75, 3.05) is 6.54 Å². The monoisotopic (exact) mass is 365 g/mol. The number of benzene rings is 1. The van der Waals surface area contributed by atoms with E-state index < -0.39 is 0 Å². The fourth-order valence-corrected chi connectivity index (χ4v) is 4.67. The summed E-state index contributed by atoms with van der Waals surface area (Å²) in [5.74, 6) is 0.251. The Kier molecular flexibility index (Phi) is 4.89. The molecule has 5 heteroatoms. The molecule has 0 spiro atoms. The molecule has 3 heterocycles. The molecule has 26 heavy (non-hydrogen) atoms. The van der Waals surface area contributed by atoms with Crippen LogP contribution in [0.15, 0.2) is 54.2 Å². The molecule has 1 aliphatic rings. The van der Waals surface area contributed by atoms with Crippen LogP contribution >= 0.6 is 11.3 Å². The number of carbonyl (C=O) groups excluding carboxylic acids is 1. The van der Waals surface area contributed by atoms with Crippen LogP contribution in [0.3, 0.4) is 0 Å². The van der Waals surface area contributed by atoms with Crippen molar-refractivity contribution in [1.82, 2.24) is 14.7 Å². The van der Waals surface area contributed by atoms with Crippen LogP contribution in [0.4, 0.5) is 0 Å². The van der Waals surface area contributed by atoms with Crippen molar-refractivity contribution < 1.29 is 4.79 Å². The number of fused-ring (bicyclic) bond motifs is 1. The van der Waals surface area contributed by atoms with Gasteiger partial charge >= 0.3 is 0 Å². The smallest absolute Gasteiger partial charge is 0.223 e. The number of carbonyl (C=O) groups is 1. The molecule has 1 aliphatic heterocycles. The summed E-state index contributed by atoms with van der Waals surface area (Å²) in [5, 5.41) is 6.58. The first-order chi connectivity index (χ1) is 12.8. The summed E-state index contributed by atoms with van der Waals surface area (Å²) in [7, 11) is 0. The zero-order valence-electron chi connectivity index (χ0n) is 15.0. The lowest BCUT2D eigenvalue weighted by Gasteiger charge is -2.35. The van der Waals surface area contributed by atoms with Crippen LogP contribution in [0.5, 0.6) is 0 Å². The minimum Gasteiger partial charge on any atom is -0.335 e. The summed E-state index contributed by atoms with van der Waals surface area (Å²) >= 11 is 1.82. The predicted molar refractivity (Wildman–Crippen MR) is 105 cm³/mol. The minimum atomic E-state index is 0.240. The van der Waals surface area contributed by atoms with Crippen molar-refractivity contribution in [2.45, 2.75) is 38.6 Å². The number of nitrogens with zero attached hydrogens (tertiary/aromatic N) is 3. The molecule has 0 fully saturated rings. The van der Waals surface area contributed by atoms with Crippen molar-refractivity contribution in [2.24, 2.45) is 0 Å². The molecule has 0 aliphatic carbocycles. The first-order valence-electron chi connectivity index (χ1n) is 9.21. The van der Waals surface area contributed by atoms with E-state index >= 15 is 0 Å². The van der Waals surface area contributed by atoms with Gasteiger partial charge in [0.05, 0.1) is 17.9 Å². The van der Waals surface area contributed by atoms with Crippen LogP contribution in [0.1, 0.15) is 41.8 Å². The van der Waals surface area contributed by atoms with Gasteiger partial charge in [-0.1, -0.05) is 25.1 Å². The van der Waals surface area contributed by atoms with Gasteiger partial charge in [-0.05, 0) is 54.0 Å². The number of aryl methyl sites for hydroxylation is 1. The first-order valence-corrected chi connectivity index (χ1v) is 10.1. The van der Waals surface area contributed by atoms with E-state index in [1.54, 1.807) is 0 Å². The van der Waals surface area contributed by atoms with Gasteiger partial charge in [-0.2, -0.15) is 5.10 Å². The number of hydrogen-bond donors (Lipinski definition) is 0. The second kappa shape index (κ2) is 7.46. The normalized spacial score (nSPS) is 16.5. The fourth-order valence-electron chi connectivity index (χ4n) is 3.74. The molecule has 134 valence electrons. The number of amides is 1. The highest BCUT2D eigenvalue weighted by Gasteiger charge is 2.29. The van der Waals surface area contributed by atoms with E-state index in [4.69, 9.17) is 0 Å². The van der Waals surface area contributed by atoms with Crippen LogP contribution in [-0.2, 0) is 17.6 Å². The average Bonchev–Trinajstić information content (AvgIpc) is 3.35. The zero-order chi connectivity index (χ0) is 17.9. The van der Waals surface area contributed by atoms with E-state index in [9.17, 15) is 4.79 Å². The predicted octanol–water partition coefficient (Wildman–Crippen LogP) is 4.40. The second-order valence-electron chi connectivity index (χ2n) is 6.69. The second-order valence-corrected chi connectivity index (χ2v) is 7.69. The lowest BCUT2D eigenvalue weighted by molar-refractivity contribution is -0.134. The summed E-state index contributed by atoms with van der Waals surface area (Å²) in [4.78, 5) is 16.4. The van der Waals surface area contributed by atoms with Crippen molar-refractivity contribution in [1.29, 1.82) is 0 Å². The standard InChI is InChI=1S/C21H23N3OS/c1-2-19-18-11-13-26-20(18)10-12-23(19)21(25)9-8-16-14-22-24(15-16)17-6-4-3-5-7-17/h3-7,11,13-15,19H,2,8-10,12H2,1H3. The highest BCUT2D eigenvalue weighted by atomic mass is 32.1. The summed E-state index contributed by atoms with van der Waals surface area (Å²) < 4.78 is 1.87. The van der Waals surface area contributed by atoms with Gasteiger partial charge in [0.15, 0.2) is 0 Å². The molecule has 1 aromatic carbocycles. The number of aromatic nitrogens is 2. The Balaban J connectivity index is 1.41. The molecule has 2 aromatic heterocycles. The van der Waals surface area contributed by atoms with Gasteiger partial charge in [0.2, 0.25) is 5.91 Å². The Morgan fingerprint density at radius 3 is 2.92 bits per heavy atom. The van der Waals surface area contributed by atoms with Crippen LogP contribution in [0.25, 0.3) is 5.69 Å². The molecule has 0 saturated carbocycles. The molecular formula is C21H23N3OS. The maximum Gasteiger partial charge on any atom is 0.223 e. The van der Waals surface area contributed by atoms with Crippen molar-refractivity contribution in [3.8, 4) is 5.69 Å². The number of para-hydroxylation sites is 1. The summed E-state index contributed by atoms with van der Waals surface area (Å²) in [6.45, 7) is 3.01. The Labute approximate surface area is 158 Å². The molecular weight excluding hydrogens is 342 g/mol. The Morgan fingerprint density at radius 1 is 1.27 bits per heavy atom. The lowest BCUT2D eigenvalue weighted by atomic mass is 9.97. The van der Waals surface area contributed by atoms with Gasteiger partial charge in [-0.3, -0.25) is 4.79 Å². The van der Waals surface area contributed by atoms with E-state index in [2.05, 4.69) is 28.4 Å². The third-order valence-electron chi connectivity index (χ3n) is 5.09. The Hall–Kier alpha value is -2.40. The topological polar surface area (TPSA) is 38.1 Å². The van der Waals surface area contributed by atoms with Crippen LogP contribution < -0.4 is 0 Å². The lowest BCUT2D eigenvalue weighted by Crippen LogP contribution is -2.39. The minimum absolute atomic E-state index is 0.240. The highest BCUT2D eigenvalue weighted by Crippen LogP contribution is 2.35. The molecule has 0 saturated heterocycles. The molecule has 3 aromatic rings. The van der Waals surface area contributed by atoms with E-state index in [1.807, 2.05) is 58.7 Å². The first kappa shape index (κ1) is 17.0. The van der Waals surface area contributed by atoms with E-state index in [0.717, 1.165) is 37.1 Å². The van der Waals surface area contributed by atoms with E-state index in [1.165, 1.54) is 10.4 Å². The fraction of sp³-hybridized carbons (Fsp3) is 0.333. The maximum absolute atomic E-state index is 12.9. The van der Waals surface area contributed by atoms with Gasteiger partial charge in [0.25, 0.3) is 0 Å². The maximum atomic E-state index is 12.9. The SMILES string of the molecule is CCC1c2ccsc2CCN1C(=O)CCc1cnn(-c2ccccc2)c1. The average molecular weight is 366 g/mol. The molecule has 1 unspecified atom stereocenters. The molecule has 0 N–H and O–H groups in total. The number of rotatable bonds is 5. The third kappa shape index (κ3) is 3.31. The quantitative estimate of drug-likeness (QED) is 0.672. The summed E-state index contributed by atoms with van der Waals surface area (Å²) in [6, 6.07) is 12.5.